The maximum Gasteiger partial charge on any atom is 0.150 e. The number of nitrogens with two attached hydrogens (primary N) is 4. The molecule has 5 atom stereocenters. The number of likely N-dealkylation sites (N-methyl/N-ethyl adjacent to an activating group) is 2. The van der Waals surface area contributed by atoms with Crippen LogP contribution in [0.5, 0.6) is 0 Å². The molecule has 354 valence electrons. The van der Waals surface area contributed by atoms with Gasteiger partial charge in [-0.1, -0.05) is 114 Å². The average Bonchev–Trinajstić information content (AvgIpc) is 3.35. The first-order valence-electron chi connectivity index (χ1n) is 24.8. The van der Waals surface area contributed by atoms with Gasteiger partial charge in [-0.15, -0.1) is 0 Å². The summed E-state index contributed by atoms with van der Waals surface area (Å²) in [6.07, 6.45) is 7.40. The number of nitrogen functional groups attached to an aromatic ring is 2. The first-order chi connectivity index (χ1) is 32.7. The van der Waals surface area contributed by atoms with E-state index in [0.29, 0.717) is 11.6 Å². The number of anilines is 2. The second-order valence-electron chi connectivity index (χ2n) is 19.3. The zero-order valence-corrected chi connectivity index (χ0v) is 41.6. The number of nitrogens with zero attached hydrogens (tertiary/aromatic N) is 6. The van der Waals surface area contributed by atoms with Crippen molar-refractivity contribution in [2.45, 2.75) is 111 Å². The van der Waals surface area contributed by atoms with Crippen molar-refractivity contribution in [3.8, 4) is 0 Å². The predicted molar refractivity (Wildman–Crippen MR) is 286 cm³/mol. The van der Waals surface area contributed by atoms with Crippen molar-refractivity contribution in [2.24, 2.45) is 11.5 Å². The molecule has 68 heavy (non-hydrogen) atoms. The lowest BCUT2D eigenvalue weighted by Crippen LogP contribution is -2.71. The van der Waals surface area contributed by atoms with Gasteiger partial charge in [0.15, 0.2) is 11.6 Å². The second-order valence-corrected chi connectivity index (χ2v) is 19.3. The maximum absolute atomic E-state index is 8.02. The highest BCUT2D eigenvalue weighted by atomic mass is 15.2. The van der Waals surface area contributed by atoms with Gasteiger partial charge in [-0.25, -0.2) is 9.97 Å². The Morgan fingerprint density at radius 2 is 0.985 bits per heavy atom. The zero-order chi connectivity index (χ0) is 48.3. The maximum atomic E-state index is 8.02. The molecule has 4 aromatic carbocycles. The van der Waals surface area contributed by atoms with Crippen molar-refractivity contribution in [2.75, 3.05) is 44.2 Å². The van der Waals surface area contributed by atoms with Crippen LogP contribution >= 0.6 is 0 Å². The van der Waals surface area contributed by atoms with Crippen LogP contribution in [0.15, 0.2) is 109 Å². The molecule has 0 aliphatic heterocycles. The third-order valence-electron chi connectivity index (χ3n) is 15.0. The lowest BCUT2D eigenvalue weighted by atomic mass is 9.69. The van der Waals surface area contributed by atoms with Gasteiger partial charge in [-0.05, 0) is 140 Å². The quantitative estimate of drug-likeness (QED) is 0.0575. The summed E-state index contributed by atoms with van der Waals surface area (Å²) in [5.41, 5.74) is 40.7. The molecule has 0 spiro atoms. The van der Waals surface area contributed by atoms with Crippen molar-refractivity contribution in [3.63, 3.8) is 0 Å². The van der Waals surface area contributed by atoms with Crippen molar-refractivity contribution in [1.82, 2.24) is 29.7 Å². The van der Waals surface area contributed by atoms with Crippen molar-refractivity contribution in [3.05, 3.63) is 154 Å². The van der Waals surface area contributed by atoms with E-state index >= 15 is 0 Å². The van der Waals surface area contributed by atoms with Crippen LogP contribution in [-0.4, -0.2) is 80.1 Å². The molecular formula is C58H72N10. The van der Waals surface area contributed by atoms with Crippen LogP contribution in [0.25, 0.3) is 43.6 Å². The van der Waals surface area contributed by atoms with Gasteiger partial charge in [0.2, 0.25) is 0 Å². The topological polar surface area (TPSA) is 162 Å². The molecule has 0 bridgehead atoms. The molecule has 10 heteroatoms. The molecule has 0 amide bonds. The minimum Gasteiger partial charge on any atom is -0.382 e. The minimum atomic E-state index is -0.666. The SMILES string of the molecule is CCN(CC)CC(N)(C(C)c1ccc(CCc2cnc3c(N)nc4cc(C)ccc4c3c2)cc1)C(C(N)C(C)c1ccc(CCc2cnc3c(N)nc4cc(C)ccc4c3c2)cc1)N(CC)CC. The third kappa shape index (κ3) is 9.92. The zero-order valence-electron chi connectivity index (χ0n) is 41.6. The summed E-state index contributed by atoms with van der Waals surface area (Å²) >= 11 is 0. The van der Waals surface area contributed by atoms with Crippen LogP contribution in [0, 0.1) is 13.8 Å². The molecular weight excluding hydrogens is 837 g/mol. The first kappa shape index (κ1) is 48.4. The Morgan fingerprint density at radius 1 is 0.544 bits per heavy atom. The van der Waals surface area contributed by atoms with Gasteiger partial charge in [0.25, 0.3) is 0 Å². The highest BCUT2D eigenvalue weighted by Crippen LogP contribution is 2.38. The van der Waals surface area contributed by atoms with Crippen LogP contribution in [0.3, 0.4) is 0 Å². The summed E-state index contributed by atoms with van der Waals surface area (Å²) < 4.78 is 0. The first-order valence-corrected chi connectivity index (χ1v) is 24.8. The number of pyridine rings is 4. The van der Waals surface area contributed by atoms with Gasteiger partial charge in [0.05, 0.1) is 16.6 Å². The Hall–Kier alpha value is -6.04. The lowest BCUT2D eigenvalue weighted by Gasteiger charge is -2.52. The van der Waals surface area contributed by atoms with Gasteiger partial charge in [0.1, 0.15) is 11.0 Å². The fourth-order valence-electron chi connectivity index (χ4n) is 10.6. The van der Waals surface area contributed by atoms with Crippen LogP contribution in [-0.2, 0) is 25.7 Å². The fraction of sp³-hybridized carbons (Fsp3) is 0.379. The number of aromatic nitrogens is 4. The lowest BCUT2D eigenvalue weighted by molar-refractivity contribution is 0.0587. The summed E-state index contributed by atoms with van der Waals surface area (Å²) in [7, 11) is 0. The monoisotopic (exact) mass is 909 g/mol. The Morgan fingerprint density at radius 3 is 1.43 bits per heavy atom. The van der Waals surface area contributed by atoms with E-state index < -0.39 is 5.54 Å². The minimum absolute atomic E-state index is 0.0171. The van der Waals surface area contributed by atoms with E-state index in [1.165, 1.54) is 33.4 Å². The standard InChI is InChI=1S/C58H72N10/c1-9-67(10-2)35-58(62,39(8)45-25-21-41(22-26-45)16-18-43-32-49-47-28-14-37(6)30-51(47)66-57(61)54(49)64-34-43)55(68(11-3)12-4)52(59)38(7)44-23-19-40(20-24-44)15-17-42-31-48-46-27-13-36(5)29-50(46)65-56(60)53(48)63-33-42/h13-14,19-34,38-39,52,55H,9-12,15-18,35,59,62H2,1-8H3,(H2,60,65)(H2,61,66). The number of benzene rings is 4. The summed E-state index contributed by atoms with van der Waals surface area (Å²) in [5, 5.41) is 4.26. The Kier molecular flexibility index (Phi) is 14.7. The van der Waals surface area contributed by atoms with E-state index in [9.17, 15) is 0 Å². The molecule has 0 aliphatic carbocycles. The number of rotatable bonds is 19. The van der Waals surface area contributed by atoms with Gasteiger partial charge in [-0.2, -0.15) is 0 Å². The highest BCUT2D eigenvalue weighted by Gasteiger charge is 2.48. The second kappa shape index (κ2) is 20.7. The smallest absolute Gasteiger partial charge is 0.150 e. The molecule has 4 heterocycles. The van der Waals surface area contributed by atoms with Gasteiger partial charge in [0, 0.05) is 58.5 Å². The molecule has 0 aliphatic rings. The van der Waals surface area contributed by atoms with Gasteiger partial charge < -0.3 is 27.8 Å². The predicted octanol–water partition coefficient (Wildman–Crippen LogP) is 10.2. The summed E-state index contributed by atoms with van der Waals surface area (Å²) in [6, 6.07) is 35.0. The van der Waals surface area contributed by atoms with Crippen molar-refractivity contribution in [1.29, 1.82) is 0 Å². The largest absolute Gasteiger partial charge is 0.382 e. The van der Waals surface area contributed by atoms with Crippen molar-refractivity contribution < 1.29 is 0 Å². The van der Waals surface area contributed by atoms with E-state index in [0.717, 1.165) is 113 Å². The molecule has 10 nitrogen and oxygen atoms in total. The summed E-state index contributed by atoms with van der Waals surface area (Å²) in [4.78, 5) is 23.8. The van der Waals surface area contributed by atoms with Crippen LogP contribution in [0.2, 0.25) is 0 Å². The summed E-state index contributed by atoms with van der Waals surface area (Å²) in [5.74, 6) is 1.01. The van der Waals surface area contributed by atoms with E-state index in [-0.39, 0.29) is 23.9 Å². The molecule has 0 radical (unpaired) electrons. The van der Waals surface area contributed by atoms with E-state index in [1.54, 1.807) is 0 Å². The van der Waals surface area contributed by atoms with Crippen LogP contribution in [0.1, 0.15) is 97.9 Å². The van der Waals surface area contributed by atoms with Crippen LogP contribution in [0.4, 0.5) is 11.6 Å². The third-order valence-corrected chi connectivity index (χ3v) is 15.0. The van der Waals surface area contributed by atoms with E-state index in [4.69, 9.17) is 32.9 Å². The average molecular weight is 909 g/mol. The van der Waals surface area contributed by atoms with Gasteiger partial charge in [-0.3, -0.25) is 14.9 Å². The molecule has 8 rings (SSSR count). The molecule has 8 aromatic rings. The molecule has 8 N–H and O–H groups in total. The van der Waals surface area contributed by atoms with Crippen molar-refractivity contribution >= 4 is 55.2 Å². The summed E-state index contributed by atoms with van der Waals surface area (Å²) in [6.45, 7) is 21.9. The Labute approximate surface area is 403 Å². The Bertz CT molecular complexity index is 3010. The number of hydrogen-bond donors (Lipinski definition) is 4. The molecule has 5 unspecified atom stereocenters. The van der Waals surface area contributed by atoms with E-state index in [1.807, 2.05) is 12.4 Å². The van der Waals surface area contributed by atoms with Crippen LogP contribution < -0.4 is 22.9 Å². The van der Waals surface area contributed by atoms with Gasteiger partial charge >= 0.3 is 0 Å². The molecule has 4 aromatic heterocycles. The number of fused-ring (bicyclic) bond motifs is 6. The molecule has 0 saturated heterocycles. The number of aryl methyl sites for hydroxylation is 6. The molecule has 0 saturated carbocycles. The Balaban J connectivity index is 1.000. The number of hydrogen-bond acceptors (Lipinski definition) is 10. The van der Waals surface area contributed by atoms with E-state index in [2.05, 4.69) is 172 Å². The normalized spacial score (nSPS) is 14.8. The fourth-order valence-corrected chi connectivity index (χ4v) is 10.6. The molecule has 0 fully saturated rings. The highest BCUT2D eigenvalue weighted by molar-refractivity contribution is 6.09.